The molecule has 0 heterocycles. The van der Waals surface area contributed by atoms with Crippen molar-refractivity contribution < 1.29 is 19.0 Å². The first-order valence-corrected chi connectivity index (χ1v) is 8.88. The number of hydrogen-bond donors (Lipinski definition) is 0. The summed E-state index contributed by atoms with van der Waals surface area (Å²) >= 11 is 3.36. The van der Waals surface area contributed by atoms with Crippen LogP contribution in [-0.4, -0.2) is 19.2 Å². The van der Waals surface area contributed by atoms with E-state index in [-0.39, 0.29) is 6.61 Å². The molecule has 0 aromatic heterocycles. The average molecular weight is 413 g/mol. The lowest BCUT2D eigenvalue weighted by Gasteiger charge is -2.08. The highest BCUT2D eigenvalue weighted by Gasteiger charge is 2.07. The van der Waals surface area contributed by atoms with Crippen molar-refractivity contribution in [3.05, 3.63) is 88.9 Å². The molecule has 4 nitrogen and oxygen atoms in total. The standard InChI is InChI=1S/C21H17BrO4/c22-17-8-12-18(13-9-17)24-14-15-25-21(23)16-6-10-20(11-7-16)26-19-4-2-1-3-5-19/h1-13H,14-15H2. The minimum Gasteiger partial charge on any atom is -0.490 e. The van der Waals surface area contributed by atoms with E-state index in [1.165, 1.54) is 0 Å². The maximum Gasteiger partial charge on any atom is 0.338 e. The zero-order valence-electron chi connectivity index (χ0n) is 13.9. The quantitative estimate of drug-likeness (QED) is 0.380. The van der Waals surface area contributed by atoms with E-state index in [1.54, 1.807) is 24.3 Å². The van der Waals surface area contributed by atoms with Crippen LogP contribution in [-0.2, 0) is 4.74 Å². The zero-order chi connectivity index (χ0) is 18.2. The lowest BCUT2D eigenvalue weighted by molar-refractivity contribution is 0.0450. The fraction of sp³-hybridized carbons (Fsp3) is 0.0952. The Hall–Kier alpha value is -2.79. The lowest BCUT2D eigenvalue weighted by atomic mass is 10.2. The van der Waals surface area contributed by atoms with Crippen molar-refractivity contribution in [3.8, 4) is 17.2 Å². The lowest BCUT2D eigenvalue weighted by Crippen LogP contribution is -2.12. The van der Waals surface area contributed by atoms with E-state index in [4.69, 9.17) is 14.2 Å². The van der Waals surface area contributed by atoms with Gasteiger partial charge in [0.05, 0.1) is 5.56 Å². The van der Waals surface area contributed by atoms with Crippen molar-refractivity contribution in [2.45, 2.75) is 0 Å². The van der Waals surface area contributed by atoms with E-state index in [0.717, 1.165) is 16.0 Å². The second-order valence-electron chi connectivity index (χ2n) is 5.38. The summed E-state index contributed by atoms with van der Waals surface area (Å²) in [6.07, 6.45) is 0. The number of carbonyl (C=O) groups is 1. The summed E-state index contributed by atoms with van der Waals surface area (Å²) in [5.74, 6) is 1.74. The van der Waals surface area contributed by atoms with Gasteiger partial charge in [-0.1, -0.05) is 34.1 Å². The fourth-order valence-corrected chi connectivity index (χ4v) is 2.46. The Labute approximate surface area is 160 Å². The zero-order valence-corrected chi connectivity index (χ0v) is 15.5. The summed E-state index contributed by atoms with van der Waals surface area (Å²) in [7, 11) is 0. The molecule has 26 heavy (non-hydrogen) atoms. The van der Waals surface area contributed by atoms with Gasteiger partial charge in [-0.15, -0.1) is 0 Å². The number of carbonyl (C=O) groups excluding carboxylic acids is 1. The Kier molecular flexibility index (Phi) is 6.28. The van der Waals surface area contributed by atoms with Crippen molar-refractivity contribution in [1.82, 2.24) is 0 Å². The third kappa shape index (κ3) is 5.36. The first-order chi connectivity index (χ1) is 12.7. The molecule has 3 rings (SSSR count). The number of hydrogen-bond acceptors (Lipinski definition) is 4. The molecule has 3 aromatic carbocycles. The van der Waals surface area contributed by atoms with Crippen molar-refractivity contribution in [3.63, 3.8) is 0 Å². The van der Waals surface area contributed by atoms with Gasteiger partial charge in [0.15, 0.2) is 0 Å². The number of esters is 1. The molecule has 0 aliphatic heterocycles. The largest absolute Gasteiger partial charge is 0.490 e. The van der Waals surface area contributed by atoms with Crippen LogP contribution in [0.1, 0.15) is 10.4 Å². The highest BCUT2D eigenvalue weighted by atomic mass is 79.9. The van der Waals surface area contributed by atoms with E-state index in [0.29, 0.717) is 17.9 Å². The summed E-state index contributed by atoms with van der Waals surface area (Å²) in [6, 6.07) is 23.8. The summed E-state index contributed by atoms with van der Waals surface area (Å²) in [5, 5.41) is 0. The molecule has 0 aliphatic carbocycles. The minimum absolute atomic E-state index is 0.178. The van der Waals surface area contributed by atoms with Crippen LogP contribution in [0, 0.1) is 0 Å². The second-order valence-corrected chi connectivity index (χ2v) is 6.29. The molecule has 0 bridgehead atoms. The molecule has 0 aliphatic rings. The van der Waals surface area contributed by atoms with Crippen molar-refractivity contribution >= 4 is 21.9 Å². The Morgan fingerprint density at radius 2 is 1.35 bits per heavy atom. The Balaban J connectivity index is 1.45. The van der Waals surface area contributed by atoms with E-state index in [9.17, 15) is 4.79 Å². The predicted molar refractivity (Wildman–Crippen MR) is 103 cm³/mol. The van der Waals surface area contributed by atoms with Crippen LogP contribution in [0.15, 0.2) is 83.3 Å². The van der Waals surface area contributed by atoms with Crippen LogP contribution in [0.2, 0.25) is 0 Å². The van der Waals surface area contributed by atoms with Crippen LogP contribution in [0.4, 0.5) is 0 Å². The van der Waals surface area contributed by atoms with Gasteiger partial charge in [0, 0.05) is 4.47 Å². The van der Waals surface area contributed by atoms with Crippen LogP contribution < -0.4 is 9.47 Å². The molecule has 0 amide bonds. The maximum absolute atomic E-state index is 12.0. The van der Waals surface area contributed by atoms with Gasteiger partial charge in [-0.2, -0.15) is 0 Å². The molecular formula is C21H17BrO4. The van der Waals surface area contributed by atoms with Crippen LogP contribution in [0.3, 0.4) is 0 Å². The van der Waals surface area contributed by atoms with Gasteiger partial charge < -0.3 is 14.2 Å². The number of ether oxygens (including phenoxy) is 3. The van der Waals surface area contributed by atoms with Crippen molar-refractivity contribution in [2.75, 3.05) is 13.2 Å². The Morgan fingerprint density at radius 1 is 0.731 bits per heavy atom. The van der Waals surface area contributed by atoms with Crippen LogP contribution in [0.25, 0.3) is 0 Å². The van der Waals surface area contributed by atoms with Gasteiger partial charge in [-0.25, -0.2) is 4.79 Å². The number of para-hydroxylation sites is 1. The predicted octanol–water partition coefficient (Wildman–Crippen LogP) is 5.48. The molecule has 132 valence electrons. The monoisotopic (exact) mass is 412 g/mol. The van der Waals surface area contributed by atoms with E-state index < -0.39 is 5.97 Å². The first kappa shape index (κ1) is 18.0. The van der Waals surface area contributed by atoms with E-state index in [1.807, 2.05) is 54.6 Å². The summed E-state index contributed by atoms with van der Waals surface area (Å²) in [4.78, 5) is 12.0. The molecule has 0 fully saturated rings. The minimum atomic E-state index is -0.393. The second kappa shape index (κ2) is 9.06. The topological polar surface area (TPSA) is 44.8 Å². The van der Waals surface area contributed by atoms with Crippen LogP contribution in [0.5, 0.6) is 17.2 Å². The average Bonchev–Trinajstić information content (AvgIpc) is 2.68. The molecule has 0 saturated heterocycles. The fourth-order valence-electron chi connectivity index (χ4n) is 2.19. The molecule has 0 radical (unpaired) electrons. The van der Waals surface area contributed by atoms with Gasteiger partial charge in [0.1, 0.15) is 30.5 Å². The molecule has 0 N–H and O–H groups in total. The molecule has 0 unspecified atom stereocenters. The van der Waals surface area contributed by atoms with E-state index in [2.05, 4.69) is 15.9 Å². The summed E-state index contributed by atoms with van der Waals surface area (Å²) in [6.45, 7) is 0.472. The molecule has 0 spiro atoms. The first-order valence-electron chi connectivity index (χ1n) is 8.09. The highest BCUT2D eigenvalue weighted by molar-refractivity contribution is 9.10. The number of halogens is 1. The smallest absolute Gasteiger partial charge is 0.338 e. The van der Waals surface area contributed by atoms with Gasteiger partial charge in [0.2, 0.25) is 0 Å². The SMILES string of the molecule is O=C(OCCOc1ccc(Br)cc1)c1ccc(Oc2ccccc2)cc1. The molecular weight excluding hydrogens is 396 g/mol. The van der Waals surface area contributed by atoms with Gasteiger partial charge in [-0.05, 0) is 60.7 Å². The maximum atomic E-state index is 12.0. The van der Waals surface area contributed by atoms with Gasteiger partial charge in [-0.3, -0.25) is 0 Å². The summed E-state index contributed by atoms with van der Waals surface area (Å²) in [5.41, 5.74) is 0.467. The highest BCUT2D eigenvalue weighted by Crippen LogP contribution is 2.21. The van der Waals surface area contributed by atoms with Gasteiger partial charge >= 0.3 is 5.97 Å². The summed E-state index contributed by atoms with van der Waals surface area (Å²) < 4.78 is 17.4. The Morgan fingerprint density at radius 3 is 2.04 bits per heavy atom. The molecule has 5 heteroatoms. The van der Waals surface area contributed by atoms with Gasteiger partial charge in [0.25, 0.3) is 0 Å². The van der Waals surface area contributed by atoms with Crippen LogP contribution >= 0.6 is 15.9 Å². The normalized spacial score (nSPS) is 10.2. The van der Waals surface area contributed by atoms with Crippen molar-refractivity contribution in [1.29, 1.82) is 0 Å². The molecule has 3 aromatic rings. The van der Waals surface area contributed by atoms with E-state index >= 15 is 0 Å². The van der Waals surface area contributed by atoms with Crippen molar-refractivity contribution in [2.24, 2.45) is 0 Å². The number of rotatable bonds is 7. The third-order valence-electron chi connectivity index (χ3n) is 3.47. The third-order valence-corrected chi connectivity index (χ3v) is 4.00. The number of benzene rings is 3. The Bertz CT molecular complexity index is 830. The molecule has 0 atom stereocenters. The molecule has 0 saturated carbocycles.